The minimum absolute atomic E-state index is 0.524. The van der Waals surface area contributed by atoms with Crippen LogP contribution in [0.1, 0.15) is 25.0 Å². The van der Waals surface area contributed by atoms with Gasteiger partial charge in [0.25, 0.3) is 0 Å². The number of nitrogens with two attached hydrogens (primary N) is 1. The molecule has 1 rings (SSSR count). The summed E-state index contributed by atoms with van der Waals surface area (Å²) in [5.74, 6) is 0. The van der Waals surface area contributed by atoms with Crippen molar-refractivity contribution in [2.75, 3.05) is 6.54 Å². The minimum Gasteiger partial charge on any atom is -0.327 e. The molecule has 2 heteroatoms. The molecule has 0 radical (unpaired) electrons. The highest BCUT2D eigenvalue weighted by Crippen LogP contribution is 2.24. The average Bonchev–Trinajstić information content (AvgIpc) is 2.14. The highest BCUT2D eigenvalue weighted by Gasteiger charge is 2.17. The molecule has 76 valence electrons. The van der Waals surface area contributed by atoms with E-state index < -0.39 is 5.67 Å². The van der Waals surface area contributed by atoms with Crippen LogP contribution in [0.15, 0.2) is 30.3 Å². The van der Waals surface area contributed by atoms with Gasteiger partial charge in [0, 0.05) is 6.54 Å². The Morgan fingerprint density at radius 2 is 1.86 bits per heavy atom. The largest absolute Gasteiger partial charge is 0.327 e. The van der Waals surface area contributed by atoms with Crippen LogP contribution in [0.3, 0.4) is 0 Å². The van der Waals surface area contributed by atoms with Gasteiger partial charge in [0.2, 0.25) is 0 Å². The predicted octanol–water partition coefficient (Wildman–Crippen LogP) is 2.86. The summed E-state index contributed by atoms with van der Waals surface area (Å²) in [5.41, 5.74) is 5.80. The van der Waals surface area contributed by atoms with Crippen LogP contribution >= 0.6 is 0 Å². The normalized spacial score (nSPS) is 12.3. The van der Waals surface area contributed by atoms with Gasteiger partial charge in [-0.05, 0) is 25.0 Å². The van der Waals surface area contributed by atoms with Gasteiger partial charge in [-0.25, -0.2) is 4.39 Å². The molecule has 14 heavy (non-hydrogen) atoms. The van der Waals surface area contributed by atoms with Crippen molar-refractivity contribution in [3.8, 4) is 0 Å². The Morgan fingerprint density at radius 3 is 2.29 bits per heavy atom. The van der Waals surface area contributed by atoms with E-state index >= 15 is 0 Å². The van der Waals surface area contributed by atoms with Crippen molar-refractivity contribution in [3.63, 3.8) is 0 Å². The molecule has 0 unspecified atom stereocenters. The average molecular weight is 193 g/mol. The summed E-state index contributed by atoms with van der Waals surface area (Å²) in [6.07, 6.45) is 3.80. The number of benzene rings is 1. The summed E-state index contributed by atoms with van der Waals surface area (Å²) < 4.78 is 13.5. The first-order chi connectivity index (χ1) is 6.54. The molecule has 0 saturated heterocycles. The lowest BCUT2D eigenvalue weighted by Gasteiger charge is -2.14. The molecule has 1 nitrogen and oxygen atoms in total. The zero-order valence-electron chi connectivity index (χ0n) is 8.63. The molecule has 0 amide bonds. The molecular formula is C12H16FN. The maximum Gasteiger partial charge on any atom is 0.130 e. The van der Waals surface area contributed by atoms with Gasteiger partial charge >= 0.3 is 0 Å². The first-order valence-electron chi connectivity index (χ1n) is 4.70. The van der Waals surface area contributed by atoms with Crippen molar-refractivity contribution >= 4 is 6.08 Å². The Bertz CT molecular complexity index is 306. The van der Waals surface area contributed by atoms with Gasteiger partial charge in [-0.15, -0.1) is 0 Å². The van der Waals surface area contributed by atoms with E-state index in [1.807, 2.05) is 24.3 Å². The van der Waals surface area contributed by atoms with E-state index in [1.54, 1.807) is 26.0 Å². The molecule has 1 aromatic carbocycles. The Morgan fingerprint density at radius 1 is 1.29 bits per heavy atom. The molecule has 0 heterocycles. The van der Waals surface area contributed by atoms with Crippen molar-refractivity contribution in [1.82, 2.24) is 0 Å². The van der Waals surface area contributed by atoms with Gasteiger partial charge in [0.05, 0.1) is 0 Å². The first-order valence-corrected chi connectivity index (χ1v) is 4.70. The summed E-state index contributed by atoms with van der Waals surface area (Å²) in [6.45, 7) is 3.63. The summed E-state index contributed by atoms with van der Waals surface area (Å²) >= 11 is 0. The second-order valence-corrected chi connectivity index (χ2v) is 3.73. The Hall–Kier alpha value is -1.15. The van der Waals surface area contributed by atoms with E-state index in [1.165, 1.54) is 0 Å². The smallest absolute Gasteiger partial charge is 0.130 e. The summed E-state index contributed by atoms with van der Waals surface area (Å²) in [7, 11) is 0. The third kappa shape index (κ3) is 2.96. The number of hydrogen-bond acceptors (Lipinski definition) is 1. The monoisotopic (exact) mass is 193 g/mol. The van der Waals surface area contributed by atoms with Crippen LogP contribution in [0.2, 0.25) is 0 Å². The molecular weight excluding hydrogens is 177 g/mol. The lowest BCUT2D eigenvalue weighted by Crippen LogP contribution is -2.08. The second-order valence-electron chi connectivity index (χ2n) is 3.73. The fourth-order valence-electron chi connectivity index (χ4n) is 1.19. The molecule has 0 aliphatic carbocycles. The quantitative estimate of drug-likeness (QED) is 0.784. The molecule has 0 bridgehead atoms. The van der Waals surface area contributed by atoms with Crippen LogP contribution in [-0.4, -0.2) is 6.54 Å². The van der Waals surface area contributed by atoms with Crippen LogP contribution in [0.25, 0.3) is 6.08 Å². The van der Waals surface area contributed by atoms with Crippen molar-refractivity contribution in [2.45, 2.75) is 19.5 Å². The molecule has 0 aromatic heterocycles. The van der Waals surface area contributed by atoms with Crippen LogP contribution in [0.5, 0.6) is 0 Å². The highest BCUT2D eigenvalue weighted by molar-refractivity contribution is 5.50. The van der Waals surface area contributed by atoms with Crippen molar-refractivity contribution in [3.05, 3.63) is 41.5 Å². The Labute approximate surface area is 84.4 Å². The van der Waals surface area contributed by atoms with Crippen molar-refractivity contribution in [1.29, 1.82) is 0 Å². The third-order valence-electron chi connectivity index (χ3n) is 2.04. The number of alkyl halides is 1. The number of hydrogen-bond donors (Lipinski definition) is 1. The molecule has 0 aliphatic rings. The molecule has 2 N–H and O–H groups in total. The standard InChI is InChI=1S/C12H16FN/c1-12(2,13)11-7-5-10(6-8-11)4-3-9-14/h3-8H,9,14H2,1-2H3/b4-3+. The van der Waals surface area contributed by atoms with Gasteiger partial charge in [0.15, 0.2) is 0 Å². The second kappa shape index (κ2) is 4.38. The van der Waals surface area contributed by atoms with Crippen LogP contribution < -0.4 is 5.73 Å². The summed E-state index contributed by atoms with van der Waals surface area (Å²) in [6, 6.07) is 7.39. The van der Waals surface area contributed by atoms with E-state index in [9.17, 15) is 4.39 Å². The zero-order valence-corrected chi connectivity index (χ0v) is 8.63. The van der Waals surface area contributed by atoms with Gasteiger partial charge < -0.3 is 5.73 Å². The third-order valence-corrected chi connectivity index (χ3v) is 2.04. The topological polar surface area (TPSA) is 26.0 Å². The van der Waals surface area contributed by atoms with E-state index in [0.29, 0.717) is 12.1 Å². The van der Waals surface area contributed by atoms with E-state index in [0.717, 1.165) is 5.56 Å². The van der Waals surface area contributed by atoms with E-state index in [2.05, 4.69) is 0 Å². The molecule has 0 aliphatic heterocycles. The summed E-state index contributed by atoms with van der Waals surface area (Å²) in [5, 5.41) is 0. The maximum atomic E-state index is 13.5. The molecule has 0 saturated carbocycles. The Balaban J connectivity index is 2.84. The predicted molar refractivity (Wildman–Crippen MR) is 58.7 cm³/mol. The highest BCUT2D eigenvalue weighted by atomic mass is 19.1. The van der Waals surface area contributed by atoms with Crippen LogP contribution in [0.4, 0.5) is 4.39 Å². The van der Waals surface area contributed by atoms with Crippen LogP contribution in [0, 0.1) is 0 Å². The van der Waals surface area contributed by atoms with Gasteiger partial charge in [-0.2, -0.15) is 0 Å². The molecule has 1 aromatic rings. The van der Waals surface area contributed by atoms with Gasteiger partial charge in [-0.1, -0.05) is 36.4 Å². The summed E-state index contributed by atoms with van der Waals surface area (Å²) in [4.78, 5) is 0. The lowest BCUT2D eigenvalue weighted by atomic mass is 9.99. The SMILES string of the molecule is CC(C)(F)c1ccc(/C=C/CN)cc1. The zero-order chi connectivity index (χ0) is 10.6. The number of rotatable bonds is 3. The lowest BCUT2D eigenvalue weighted by molar-refractivity contribution is 0.221. The number of halogens is 1. The van der Waals surface area contributed by atoms with E-state index in [4.69, 9.17) is 5.73 Å². The van der Waals surface area contributed by atoms with Crippen molar-refractivity contribution in [2.24, 2.45) is 5.73 Å². The minimum atomic E-state index is -1.27. The fourth-order valence-corrected chi connectivity index (χ4v) is 1.19. The first kappa shape index (κ1) is 10.9. The van der Waals surface area contributed by atoms with E-state index in [-0.39, 0.29) is 0 Å². The van der Waals surface area contributed by atoms with Crippen molar-refractivity contribution < 1.29 is 4.39 Å². The molecule has 0 atom stereocenters. The molecule has 0 fully saturated rings. The van der Waals surface area contributed by atoms with Gasteiger partial charge in [-0.3, -0.25) is 0 Å². The van der Waals surface area contributed by atoms with Gasteiger partial charge in [0.1, 0.15) is 5.67 Å². The fraction of sp³-hybridized carbons (Fsp3) is 0.333. The molecule has 0 spiro atoms. The maximum absolute atomic E-state index is 13.5. The van der Waals surface area contributed by atoms with Crippen LogP contribution in [-0.2, 0) is 5.67 Å². The Kier molecular flexibility index (Phi) is 3.42.